The molecule has 0 aliphatic carbocycles. The molecule has 1 aromatic carbocycles. The summed E-state index contributed by atoms with van der Waals surface area (Å²) in [5.74, 6) is -0.942. The first-order valence-electron chi connectivity index (χ1n) is 4.90. The highest BCUT2D eigenvalue weighted by atomic mass is 79.9. The molecular weight excluding hydrogens is 275 g/mol. The molecule has 1 rings (SSSR count). The average molecular weight is 289 g/mol. The summed E-state index contributed by atoms with van der Waals surface area (Å²) in [6.45, 7) is 6.94. The molecule has 0 radical (unpaired) electrons. The first-order valence-corrected chi connectivity index (χ1v) is 5.69. The summed E-state index contributed by atoms with van der Waals surface area (Å²) in [4.78, 5) is 11.7. The summed E-state index contributed by atoms with van der Waals surface area (Å²) < 4.78 is 19.1. The van der Waals surface area contributed by atoms with Gasteiger partial charge in [-0.05, 0) is 45.4 Å². The van der Waals surface area contributed by atoms with E-state index in [4.69, 9.17) is 4.74 Å². The highest BCUT2D eigenvalue weighted by molar-refractivity contribution is 9.10. The molecular formula is C12H14BrFO2. The third kappa shape index (κ3) is 3.30. The van der Waals surface area contributed by atoms with Gasteiger partial charge < -0.3 is 4.74 Å². The molecule has 88 valence electrons. The second kappa shape index (κ2) is 4.53. The highest BCUT2D eigenvalue weighted by Crippen LogP contribution is 2.22. The van der Waals surface area contributed by atoms with Gasteiger partial charge in [0.2, 0.25) is 0 Å². The molecule has 0 N–H and O–H groups in total. The molecule has 0 heterocycles. The van der Waals surface area contributed by atoms with E-state index in [9.17, 15) is 9.18 Å². The van der Waals surface area contributed by atoms with E-state index in [1.54, 1.807) is 33.8 Å². The molecule has 0 aliphatic rings. The van der Waals surface area contributed by atoms with Crippen molar-refractivity contribution in [3.63, 3.8) is 0 Å². The summed E-state index contributed by atoms with van der Waals surface area (Å²) in [6.07, 6.45) is 0. The maximum absolute atomic E-state index is 13.4. The minimum absolute atomic E-state index is 0.213. The van der Waals surface area contributed by atoms with Gasteiger partial charge in [-0.3, -0.25) is 0 Å². The summed E-state index contributed by atoms with van der Waals surface area (Å²) >= 11 is 3.20. The predicted octanol–water partition coefficient (Wildman–Crippen LogP) is 3.85. The van der Waals surface area contributed by atoms with Gasteiger partial charge in [0.05, 0.1) is 5.56 Å². The maximum atomic E-state index is 13.4. The van der Waals surface area contributed by atoms with Crippen molar-refractivity contribution in [2.45, 2.75) is 33.3 Å². The molecule has 16 heavy (non-hydrogen) atoms. The number of benzene rings is 1. The van der Waals surface area contributed by atoms with Crippen molar-refractivity contribution in [3.05, 3.63) is 33.5 Å². The largest absolute Gasteiger partial charge is 0.456 e. The Hall–Kier alpha value is -0.900. The Bertz CT molecular complexity index is 399. The number of hydrogen-bond donors (Lipinski definition) is 0. The van der Waals surface area contributed by atoms with Crippen LogP contribution in [-0.2, 0) is 4.74 Å². The van der Waals surface area contributed by atoms with Crippen LogP contribution in [0.3, 0.4) is 0 Å². The van der Waals surface area contributed by atoms with Crippen molar-refractivity contribution < 1.29 is 13.9 Å². The zero-order valence-electron chi connectivity index (χ0n) is 9.73. The second-order valence-electron chi connectivity index (χ2n) is 4.57. The molecule has 0 bridgehead atoms. The van der Waals surface area contributed by atoms with Crippen LogP contribution in [0, 0.1) is 12.7 Å². The third-order valence-electron chi connectivity index (χ3n) is 1.92. The first kappa shape index (κ1) is 13.2. The van der Waals surface area contributed by atoms with Gasteiger partial charge in [0.1, 0.15) is 11.4 Å². The molecule has 0 aliphatic heterocycles. The molecule has 0 saturated carbocycles. The Morgan fingerprint density at radius 1 is 1.38 bits per heavy atom. The normalized spacial score (nSPS) is 11.4. The monoisotopic (exact) mass is 288 g/mol. The lowest BCUT2D eigenvalue weighted by Crippen LogP contribution is -2.24. The quantitative estimate of drug-likeness (QED) is 0.734. The standard InChI is InChI=1S/C12H14BrFO2/c1-7-9(13)5-8(6-10(7)14)11(15)16-12(2,3)4/h5-6H,1-4H3. The first-order chi connectivity index (χ1) is 7.20. The van der Waals surface area contributed by atoms with Crippen LogP contribution in [0.4, 0.5) is 4.39 Å². The van der Waals surface area contributed by atoms with Gasteiger partial charge in [-0.2, -0.15) is 0 Å². The predicted molar refractivity (Wildman–Crippen MR) is 64.0 cm³/mol. The number of carbonyl (C=O) groups excluding carboxylic acids is 1. The molecule has 0 saturated heterocycles. The minimum Gasteiger partial charge on any atom is -0.456 e. The Labute approximate surface area is 103 Å². The lowest BCUT2D eigenvalue weighted by molar-refractivity contribution is 0.00689. The summed E-state index contributed by atoms with van der Waals surface area (Å²) in [5, 5.41) is 0. The van der Waals surface area contributed by atoms with E-state index in [1.807, 2.05) is 0 Å². The zero-order valence-corrected chi connectivity index (χ0v) is 11.3. The molecule has 2 nitrogen and oxygen atoms in total. The number of esters is 1. The SMILES string of the molecule is Cc1c(F)cc(C(=O)OC(C)(C)C)cc1Br. The number of ether oxygens (including phenoxy) is 1. The lowest BCUT2D eigenvalue weighted by Gasteiger charge is -2.19. The van der Waals surface area contributed by atoms with Crippen molar-refractivity contribution in [3.8, 4) is 0 Å². The Morgan fingerprint density at radius 3 is 2.38 bits per heavy atom. The van der Waals surface area contributed by atoms with Crippen LogP contribution in [-0.4, -0.2) is 11.6 Å². The van der Waals surface area contributed by atoms with E-state index in [1.165, 1.54) is 6.07 Å². The van der Waals surface area contributed by atoms with Crippen molar-refractivity contribution in [1.82, 2.24) is 0 Å². The number of carbonyl (C=O) groups is 1. The molecule has 0 aromatic heterocycles. The van der Waals surface area contributed by atoms with Crippen LogP contribution in [0.25, 0.3) is 0 Å². The van der Waals surface area contributed by atoms with Crippen LogP contribution in [0.2, 0.25) is 0 Å². The minimum atomic E-state index is -0.578. The van der Waals surface area contributed by atoms with Crippen molar-refractivity contribution >= 4 is 21.9 Å². The average Bonchev–Trinajstić information content (AvgIpc) is 2.10. The van der Waals surface area contributed by atoms with Crippen LogP contribution in [0.1, 0.15) is 36.7 Å². The molecule has 1 aromatic rings. The van der Waals surface area contributed by atoms with Gasteiger partial charge in [-0.15, -0.1) is 0 Å². The Morgan fingerprint density at radius 2 is 1.94 bits per heavy atom. The van der Waals surface area contributed by atoms with Crippen molar-refractivity contribution in [2.75, 3.05) is 0 Å². The van der Waals surface area contributed by atoms with Crippen molar-refractivity contribution in [2.24, 2.45) is 0 Å². The smallest absolute Gasteiger partial charge is 0.338 e. The number of rotatable bonds is 1. The second-order valence-corrected chi connectivity index (χ2v) is 5.42. The van der Waals surface area contributed by atoms with Crippen LogP contribution in [0.15, 0.2) is 16.6 Å². The van der Waals surface area contributed by atoms with Gasteiger partial charge >= 0.3 is 5.97 Å². The number of halogens is 2. The van der Waals surface area contributed by atoms with Crippen LogP contribution >= 0.6 is 15.9 Å². The molecule has 0 fully saturated rings. The molecule has 4 heteroatoms. The van der Waals surface area contributed by atoms with E-state index in [-0.39, 0.29) is 5.56 Å². The van der Waals surface area contributed by atoms with Gasteiger partial charge in [0.25, 0.3) is 0 Å². The Balaban J connectivity index is 3.02. The van der Waals surface area contributed by atoms with E-state index in [2.05, 4.69) is 15.9 Å². The summed E-state index contributed by atoms with van der Waals surface area (Å²) in [5.41, 5.74) is 0.113. The summed E-state index contributed by atoms with van der Waals surface area (Å²) in [6, 6.07) is 2.75. The van der Waals surface area contributed by atoms with Crippen LogP contribution in [0.5, 0.6) is 0 Å². The summed E-state index contributed by atoms with van der Waals surface area (Å²) in [7, 11) is 0. The van der Waals surface area contributed by atoms with Crippen molar-refractivity contribution in [1.29, 1.82) is 0 Å². The fourth-order valence-corrected chi connectivity index (χ4v) is 1.54. The van der Waals surface area contributed by atoms with E-state index >= 15 is 0 Å². The lowest BCUT2D eigenvalue weighted by atomic mass is 10.1. The highest BCUT2D eigenvalue weighted by Gasteiger charge is 2.19. The molecule has 0 amide bonds. The zero-order chi connectivity index (χ0) is 12.5. The number of hydrogen-bond acceptors (Lipinski definition) is 2. The molecule has 0 spiro atoms. The maximum Gasteiger partial charge on any atom is 0.338 e. The third-order valence-corrected chi connectivity index (χ3v) is 2.74. The van der Waals surface area contributed by atoms with E-state index in [0.717, 1.165) is 0 Å². The van der Waals surface area contributed by atoms with Gasteiger partial charge in [-0.25, -0.2) is 9.18 Å². The fraction of sp³-hybridized carbons (Fsp3) is 0.417. The van der Waals surface area contributed by atoms with Gasteiger partial charge in [0, 0.05) is 4.47 Å². The van der Waals surface area contributed by atoms with E-state index < -0.39 is 17.4 Å². The topological polar surface area (TPSA) is 26.3 Å². The molecule has 0 unspecified atom stereocenters. The molecule has 0 atom stereocenters. The van der Waals surface area contributed by atoms with Crippen LogP contribution < -0.4 is 0 Å². The Kier molecular flexibility index (Phi) is 3.73. The van der Waals surface area contributed by atoms with Gasteiger partial charge in [-0.1, -0.05) is 15.9 Å². The fourth-order valence-electron chi connectivity index (χ4n) is 1.10. The van der Waals surface area contributed by atoms with Gasteiger partial charge in [0.15, 0.2) is 0 Å². The van der Waals surface area contributed by atoms with E-state index in [0.29, 0.717) is 10.0 Å².